The summed E-state index contributed by atoms with van der Waals surface area (Å²) in [6, 6.07) is 7.81. The second-order valence-electron chi connectivity index (χ2n) is 2.46. The fourth-order valence-electron chi connectivity index (χ4n) is 0.972. The number of nitrogens with two attached hydrogens (primary N) is 1. The fourth-order valence-corrected chi connectivity index (χ4v) is 0.972. The minimum absolute atomic E-state index is 0.393. The Kier molecular flexibility index (Phi) is 3.64. The number of hydrogen-bond acceptors (Lipinski definition) is 1. The van der Waals surface area contributed by atoms with E-state index in [-0.39, 0.29) is 0 Å². The Morgan fingerprint density at radius 3 is 2.54 bits per heavy atom. The standard InChI is InChI=1S/C12H11N/c1-2-5-11-6-3-7-12(10-11)8-4-9-13/h3,6-7,10H,9,13H2,1H3. The third kappa shape index (κ3) is 3.03. The van der Waals surface area contributed by atoms with E-state index in [1.54, 1.807) is 0 Å². The summed E-state index contributed by atoms with van der Waals surface area (Å²) in [4.78, 5) is 0. The molecule has 0 saturated heterocycles. The van der Waals surface area contributed by atoms with Gasteiger partial charge in [0, 0.05) is 11.1 Å². The first-order valence-electron chi connectivity index (χ1n) is 4.08. The highest BCUT2D eigenvalue weighted by Gasteiger charge is 1.87. The zero-order valence-electron chi connectivity index (χ0n) is 7.59. The predicted molar refractivity (Wildman–Crippen MR) is 54.9 cm³/mol. The first-order chi connectivity index (χ1) is 6.36. The molecular formula is C12H11N. The summed E-state index contributed by atoms with van der Waals surface area (Å²) in [5, 5.41) is 0. The molecule has 2 N–H and O–H groups in total. The van der Waals surface area contributed by atoms with Crippen molar-refractivity contribution in [2.45, 2.75) is 6.92 Å². The van der Waals surface area contributed by atoms with E-state index in [0.29, 0.717) is 6.54 Å². The molecule has 1 aromatic carbocycles. The summed E-state index contributed by atoms with van der Waals surface area (Å²) in [6.45, 7) is 2.21. The van der Waals surface area contributed by atoms with Crippen LogP contribution in [0.2, 0.25) is 0 Å². The van der Waals surface area contributed by atoms with Crippen molar-refractivity contribution in [1.29, 1.82) is 0 Å². The van der Waals surface area contributed by atoms with Gasteiger partial charge in [0.25, 0.3) is 0 Å². The highest BCUT2D eigenvalue weighted by atomic mass is 14.5. The fraction of sp³-hybridized carbons (Fsp3) is 0.167. The van der Waals surface area contributed by atoms with E-state index in [1.807, 2.05) is 31.2 Å². The molecule has 0 atom stereocenters. The predicted octanol–water partition coefficient (Wildman–Crippen LogP) is 1.37. The number of benzene rings is 1. The van der Waals surface area contributed by atoms with Crippen LogP contribution in [0, 0.1) is 23.7 Å². The van der Waals surface area contributed by atoms with Crippen molar-refractivity contribution in [3.8, 4) is 23.7 Å². The quantitative estimate of drug-likeness (QED) is 0.583. The smallest absolute Gasteiger partial charge is 0.0555 e. The van der Waals surface area contributed by atoms with Crippen molar-refractivity contribution < 1.29 is 0 Å². The molecule has 0 amide bonds. The normalized spacial score (nSPS) is 7.85. The average molecular weight is 169 g/mol. The van der Waals surface area contributed by atoms with E-state index >= 15 is 0 Å². The molecule has 0 unspecified atom stereocenters. The molecule has 13 heavy (non-hydrogen) atoms. The van der Waals surface area contributed by atoms with E-state index in [1.165, 1.54) is 0 Å². The molecule has 0 aliphatic carbocycles. The Labute approximate surface area is 79.0 Å². The zero-order chi connectivity index (χ0) is 9.52. The van der Waals surface area contributed by atoms with Gasteiger partial charge in [-0.2, -0.15) is 0 Å². The first-order valence-corrected chi connectivity index (χ1v) is 4.08. The largest absolute Gasteiger partial charge is 0.320 e. The lowest BCUT2D eigenvalue weighted by Crippen LogP contribution is -1.93. The van der Waals surface area contributed by atoms with Crippen LogP contribution in [0.5, 0.6) is 0 Å². The van der Waals surface area contributed by atoms with Crippen molar-refractivity contribution in [3.05, 3.63) is 35.4 Å². The lowest BCUT2D eigenvalue weighted by Gasteiger charge is -1.91. The maximum Gasteiger partial charge on any atom is 0.0555 e. The molecule has 1 aromatic rings. The summed E-state index contributed by atoms with van der Waals surface area (Å²) in [6.07, 6.45) is 0. The Morgan fingerprint density at radius 1 is 1.23 bits per heavy atom. The van der Waals surface area contributed by atoms with E-state index in [2.05, 4.69) is 23.7 Å². The maximum absolute atomic E-state index is 5.27. The molecule has 64 valence electrons. The van der Waals surface area contributed by atoms with E-state index in [4.69, 9.17) is 5.73 Å². The van der Waals surface area contributed by atoms with Crippen LogP contribution in [-0.2, 0) is 0 Å². The van der Waals surface area contributed by atoms with Crippen LogP contribution in [0.1, 0.15) is 18.1 Å². The van der Waals surface area contributed by atoms with Gasteiger partial charge in [0.1, 0.15) is 0 Å². The zero-order valence-corrected chi connectivity index (χ0v) is 7.59. The Hall–Kier alpha value is -1.70. The molecule has 0 radical (unpaired) electrons. The molecule has 1 heteroatoms. The van der Waals surface area contributed by atoms with Crippen LogP contribution in [0.3, 0.4) is 0 Å². The molecule has 0 heterocycles. The second kappa shape index (κ2) is 5.04. The van der Waals surface area contributed by atoms with Crippen molar-refractivity contribution >= 4 is 0 Å². The van der Waals surface area contributed by atoms with Crippen molar-refractivity contribution in [2.24, 2.45) is 5.73 Å². The Morgan fingerprint density at radius 2 is 1.92 bits per heavy atom. The average Bonchev–Trinajstić information content (AvgIpc) is 2.16. The van der Waals surface area contributed by atoms with Crippen molar-refractivity contribution in [2.75, 3.05) is 6.54 Å². The van der Waals surface area contributed by atoms with Gasteiger partial charge in [0.15, 0.2) is 0 Å². The van der Waals surface area contributed by atoms with Crippen LogP contribution >= 0.6 is 0 Å². The van der Waals surface area contributed by atoms with Crippen LogP contribution in [0.15, 0.2) is 24.3 Å². The van der Waals surface area contributed by atoms with E-state index in [0.717, 1.165) is 11.1 Å². The summed E-state index contributed by atoms with van der Waals surface area (Å²) < 4.78 is 0. The molecule has 0 saturated carbocycles. The van der Waals surface area contributed by atoms with Crippen LogP contribution in [0.4, 0.5) is 0 Å². The molecule has 0 aliphatic rings. The van der Waals surface area contributed by atoms with Crippen LogP contribution < -0.4 is 5.73 Å². The van der Waals surface area contributed by atoms with Gasteiger partial charge in [0.2, 0.25) is 0 Å². The third-order valence-electron chi connectivity index (χ3n) is 1.47. The van der Waals surface area contributed by atoms with Gasteiger partial charge in [-0.15, -0.1) is 5.92 Å². The van der Waals surface area contributed by atoms with Gasteiger partial charge < -0.3 is 5.73 Å². The summed E-state index contributed by atoms with van der Waals surface area (Å²) >= 11 is 0. The van der Waals surface area contributed by atoms with Crippen molar-refractivity contribution in [3.63, 3.8) is 0 Å². The molecule has 0 bridgehead atoms. The number of rotatable bonds is 0. The van der Waals surface area contributed by atoms with Gasteiger partial charge in [-0.05, 0) is 25.1 Å². The Balaban J connectivity index is 2.96. The summed E-state index contributed by atoms with van der Waals surface area (Å²) in [5.74, 6) is 11.6. The van der Waals surface area contributed by atoms with Gasteiger partial charge in [-0.3, -0.25) is 0 Å². The summed E-state index contributed by atoms with van der Waals surface area (Å²) in [5.41, 5.74) is 7.23. The highest BCUT2D eigenvalue weighted by molar-refractivity contribution is 5.43. The maximum atomic E-state index is 5.27. The number of hydrogen-bond donors (Lipinski definition) is 1. The molecule has 0 aliphatic heterocycles. The SMILES string of the molecule is CC#Cc1cccc(C#CCN)c1. The molecule has 0 spiro atoms. The molecular weight excluding hydrogens is 158 g/mol. The van der Waals surface area contributed by atoms with E-state index in [9.17, 15) is 0 Å². The topological polar surface area (TPSA) is 26.0 Å². The minimum Gasteiger partial charge on any atom is -0.320 e. The van der Waals surface area contributed by atoms with Crippen LogP contribution in [0.25, 0.3) is 0 Å². The van der Waals surface area contributed by atoms with Gasteiger partial charge in [-0.1, -0.05) is 23.8 Å². The van der Waals surface area contributed by atoms with Gasteiger partial charge in [0.05, 0.1) is 6.54 Å². The lowest BCUT2D eigenvalue weighted by molar-refractivity contribution is 1.30. The Bertz CT molecular complexity index is 396. The van der Waals surface area contributed by atoms with Crippen molar-refractivity contribution in [1.82, 2.24) is 0 Å². The van der Waals surface area contributed by atoms with Gasteiger partial charge in [-0.25, -0.2) is 0 Å². The molecule has 0 aromatic heterocycles. The first kappa shape index (κ1) is 9.39. The monoisotopic (exact) mass is 169 g/mol. The minimum atomic E-state index is 0.393. The molecule has 0 fully saturated rings. The van der Waals surface area contributed by atoms with E-state index < -0.39 is 0 Å². The molecule has 1 nitrogen and oxygen atoms in total. The van der Waals surface area contributed by atoms with Crippen LogP contribution in [-0.4, -0.2) is 6.54 Å². The highest BCUT2D eigenvalue weighted by Crippen LogP contribution is 2.01. The van der Waals surface area contributed by atoms with Gasteiger partial charge >= 0.3 is 0 Å². The summed E-state index contributed by atoms with van der Waals surface area (Å²) in [7, 11) is 0. The second-order valence-corrected chi connectivity index (χ2v) is 2.46. The lowest BCUT2D eigenvalue weighted by atomic mass is 10.1. The molecule has 1 rings (SSSR count). The third-order valence-corrected chi connectivity index (χ3v) is 1.47.